The molecule has 126 valence electrons. The average molecular weight is 344 g/mol. The molecule has 0 amide bonds. The number of anilines is 1. The van der Waals surface area contributed by atoms with E-state index in [0.717, 1.165) is 11.3 Å². The monoisotopic (exact) mass is 344 g/mol. The molecule has 0 radical (unpaired) electrons. The number of aliphatic hydroxyl groups is 1. The Morgan fingerprint density at radius 1 is 1.33 bits per heavy atom. The zero-order chi connectivity index (χ0) is 17.1. The minimum absolute atomic E-state index is 0.0332. The Hall–Kier alpha value is -2.25. The fourth-order valence-electron chi connectivity index (χ4n) is 2.57. The van der Waals surface area contributed by atoms with E-state index in [1.807, 2.05) is 37.3 Å². The van der Waals surface area contributed by atoms with Crippen LogP contribution in [0.3, 0.4) is 0 Å². The summed E-state index contributed by atoms with van der Waals surface area (Å²) in [6.45, 7) is 3.98. The lowest BCUT2D eigenvalue weighted by Gasteiger charge is -2.23. The van der Waals surface area contributed by atoms with Crippen LogP contribution >= 0.6 is 11.3 Å². The van der Waals surface area contributed by atoms with E-state index in [9.17, 15) is 9.90 Å². The van der Waals surface area contributed by atoms with Crippen LogP contribution in [-0.2, 0) is 6.42 Å². The zero-order valence-corrected chi connectivity index (χ0v) is 14.5. The Morgan fingerprint density at radius 2 is 2.08 bits per heavy atom. The lowest BCUT2D eigenvalue weighted by Crippen LogP contribution is -2.29. The van der Waals surface area contributed by atoms with Gasteiger partial charge in [0.05, 0.1) is 12.6 Å². The molecule has 2 atom stereocenters. The van der Waals surface area contributed by atoms with Crippen molar-refractivity contribution in [1.29, 1.82) is 0 Å². The Bertz CT molecular complexity index is 875. The number of aliphatic hydroxyl groups excluding tert-OH is 1. The van der Waals surface area contributed by atoms with Crippen molar-refractivity contribution in [2.45, 2.75) is 32.2 Å². The van der Waals surface area contributed by atoms with E-state index >= 15 is 0 Å². The molecular weight excluding hydrogens is 324 g/mol. The summed E-state index contributed by atoms with van der Waals surface area (Å²) < 4.78 is 1.30. The first-order chi connectivity index (χ1) is 11.6. The number of hydrogen-bond donors (Lipinski definition) is 2. The quantitative estimate of drug-likeness (QED) is 0.717. The summed E-state index contributed by atoms with van der Waals surface area (Å²) in [6, 6.07) is 11.3. The van der Waals surface area contributed by atoms with Gasteiger partial charge in [0.25, 0.3) is 5.56 Å². The van der Waals surface area contributed by atoms with Gasteiger partial charge in [0.1, 0.15) is 0 Å². The van der Waals surface area contributed by atoms with Crippen LogP contribution in [0.2, 0.25) is 0 Å². The molecule has 0 aliphatic heterocycles. The van der Waals surface area contributed by atoms with Gasteiger partial charge in [-0.25, -0.2) is 4.98 Å². The molecule has 0 spiro atoms. The molecule has 0 aliphatic rings. The summed E-state index contributed by atoms with van der Waals surface area (Å²) in [4.78, 5) is 17.1. The van der Waals surface area contributed by atoms with E-state index in [0.29, 0.717) is 16.5 Å². The van der Waals surface area contributed by atoms with Gasteiger partial charge in [-0.15, -0.1) is 5.10 Å². The van der Waals surface area contributed by atoms with Crippen LogP contribution in [-0.4, -0.2) is 32.4 Å². The minimum Gasteiger partial charge on any atom is -0.394 e. The van der Waals surface area contributed by atoms with Crippen molar-refractivity contribution in [3.05, 3.63) is 58.0 Å². The number of hydrogen-bond acceptors (Lipinski definition) is 6. The second kappa shape index (κ2) is 7.11. The van der Waals surface area contributed by atoms with E-state index in [4.69, 9.17) is 0 Å². The molecule has 0 aliphatic carbocycles. The molecule has 24 heavy (non-hydrogen) atoms. The number of aromatic nitrogens is 3. The van der Waals surface area contributed by atoms with E-state index in [2.05, 4.69) is 22.3 Å². The zero-order valence-electron chi connectivity index (χ0n) is 13.6. The summed E-state index contributed by atoms with van der Waals surface area (Å²) in [5.74, 6) is 0.0964. The fourth-order valence-corrected chi connectivity index (χ4v) is 3.46. The average Bonchev–Trinajstić information content (AvgIpc) is 3.03. The fraction of sp³-hybridized carbons (Fsp3) is 0.353. The summed E-state index contributed by atoms with van der Waals surface area (Å²) in [5.41, 5.74) is 1.71. The third kappa shape index (κ3) is 3.32. The largest absolute Gasteiger partial charge is 0.394 e. The minimum atomic E-state index is -0.200. The van der Waals surface area contributed by atoms with Crippen LogP contribution < -0.4 is 10.9 Å². The first kappa shape index (κ1) is 16.6. The lowest BCUT2D eigenvalue weighted by atomic mass is 9.94. The second-order valence-electron chi connectivity index (χ2n) is 5.67. The standard InChI is InChI=1S/C17H20N4O2S/c1-3-13-9-15(23)21-17(18-13)24-16(20-21)19-14(10-22)11(2)12-7-5-4-6-8-12/h4-9,11,14,22H,3,10H2,1-2H3,(H,19,20). The van der Waals surface area contributed by atoms with Crippen molar-refractivity contribution in [2.75, 3.05) is 11.9 Å². The Kier molecular flexibility index (Phi) is 4.92. The van der Waals surface area contributed by atoms with Gasteiger partial charge in [-0.2, -0.15) is 4.52 Å². The third-order valence-electron chi connectivity index (χ3n) is 4.09. The summed E-state index contributed by atoms with van der Waals surface area (Å²) in [5, 5.41) is 17.9. The topological polar surface area (TPSA) is 79.5 Å². The summed E-state index contributed by atoms with van der Waals surface area (Å²) in [6.07, 6.45) is 0.705. The molecule has 0 fully saturated rings. The smallest absolute Gasteiger partial charge is 0.275 e. The van der Waals surface area contributed by atoms with Gasteiger partial charge in [-0.3, -0.25) is 4.79 Å². The molecule has 2 unspecified atom stereocenters. The van der Waals surface area contributed by atoms with Crippen molar-refractivity contribution in [2.24, 2.45) is 0 Å². The van der Waals surface area contributed by atoms with Crippen molar-refractivity contribution >= 4 is 21.4 Å². The maximum absolute atomic E-state index is 12.1. The highest BCUT2D eigenvalue weighted by Gasteiger charge is 2.20. The van der Waals surface area contributed by atoms with Gasteiger partial charge < -0.3 is 10.4 Å². The van der Waals surface area contributed by atoms with Crippen LogP contribution in [0.1, 0.15) is 31.0 Å². The molecule has 3 rings (SSSR count). The van der Waals surface area contributed by atoms with E-state index in [1.165, 1.54) is 21.9 Å². The molecule has 2 heterocycles. The van der Waals surface area contributed by atoms with Crippen LogP contribution in [0, 0.1) is 0 Å². The Morgan fingerprint density at radius 3 is 2.75 bits per heavy atom. The van der Waals surface area contributed by atoms with E-state index < -0.39 is 0 Å². The molecule has 3 aromatic rings. The lowest BCUT2D eigenvalue weighted by molar-refractivity contribution is 0.262. The highest BCUT2D eigenvalue weighted by Crippen LogP contribution is 2.24. The van der Waals surface area contributed by atoms with E-state index in [1.54, 1.807) is 0 Å². The molecular formula is C17H20N4O2S. The van der Waals surface area contributed by atoms with Crippen LogP contribution in [0.15, 0.2) is 41.2 Å². The predicted molar refractivity (Wildman–Crippen MR) is 95.9 cm³/mol. The highest BCUT2D eigenvalue weighted by atomic mass is 32.1. The first-order valence-electron chi connectivity index (χ1n) is 7.94. The molecule has 2 N–H and O–H groups in total. The van der Waals surface area contributed by atoms with Gasteiger partial charge in [-0.1, -0.05) is 55.5 Å². The molecule has 0 bridgehead atoms. The van der Waals surface area contributed by atoms with Crippen LogP contribution in [0.25, 0.3) is 4.96 Å². The van der Waals surface area contributed by atoms with Crippen molar-refractivity contribution < 1.29 is 5.11 Å². The maximum Gasteiger partial charge on any atom is 0.275 e. The van der Waals surface area contributed by atoms with Crippen LogP contribution in [0.5, 0.6) is 0 Å². The molecule has 6 nitrogen and oxygen atoms in total. The predicted octanol–water partition coefficient (Wildman–Crippen LogP) is 2.29. The normalized spacial score (nSPS) is 13.8. The Labute approximate surface area is 143 Å². The van der Waals surface area contributed by atoms with Gasteiger partial charge in [0.2, 0.25) is 10.1 Å². The number of nitrogens with zero attached hydrogens (tertiary/aromatic N) is 3. The summed E-state index contributed by atoms with van der Waals surface area (Å²) in [7, 11) is 0. The molecule has 0 saturated carbocycles. The molecule has 7 heteroatoms. The number of aryl methyl sites for hydroxylation is 1. The highest BCUT2D eigenvalue weighted by molar-refractivity contribution is 7.20. The number of benzene rings is 1. The van der Waals surface area contributed by atoms with Gasteiger partial charge >= 0.3 is 0 Å². The van der Waals surface area contributed by atoms with Crippen molar-refractivity contribution in [3.8, 4) is 0 Å². The molecule has 2 aromatic heterocycles. The van der Waals surface area contributed by atoms with Crippen LogP contribution in [0.4, 0.5) is 5.13 Å². The number of fused-ring (bicyclic) bond motifs is 1. The van der Waals surface area contributed by atoms with Crippen molar-refractivity contribution in [3.63, 3.8) is 0 Å². The van der Waals surface area contributed by atoms with Crippen molar-refractivity contribution in [1.82, 2.24) is 14.6 Å². The van der Waals surface area contributed by atoms with Gasteiger partial charge in [0, 0.05) is 17.7 Å². The van der Waals surface area contributed by atoms with Gasteiger partial charge in [-0.05, 0) is 12.0 Å². The number of nitrogens with one attached hydrogen (secondary N) is 1. The molecule has 0 saturated heterocycles. The second-order valence-corrected chi connectivity index (χ2v) is 6.63. The third-order valence-corrected chi connectivity index (χ3v) is 4.93. The SMILES string of the molecule is CCc1cc(=O)n2nc(NC(CO)C(C)c3ccccc3)sc2n1. The van der Waals surface area contributed by atoms with E-state index in [-0.39, 0.29) is 24.1 Å². The number of rotatable bonds is 6. The maximum atomic E-state index is 12.1. The Balaban J connectivity index is 1.87. The molecule has 1 aromatic carbocycles. The van der Waals surface area contributed by atoms with Gasteiger partial charge in [0.15, 0.2) is 0 Å². The summed E-state index contributed by atoms with van der Waals surface area (Å²) >= 11 is 1.32. The first-order valence-corrected chi connectivity index (χ1v) is 8.76.